The Morgan fingerprint density at radius 2 is 2.00 bits per heavy atom. The summed E-state index contributed by atoms with van der Waals surface area (Å²) in [5, 5.41) is 3.41. The smallest absolute Gasteiger partial charge is 0.180 e. The summed E-state index contributed by atoms with van der Waals surface area (Å²) in [6, 6.07) is 14.3. The third-order valence-corrected chi connectivity index (χ3v) is 5.23. The number of imidazole rings is 1. The minimum atomic E-state index is 0.657. The van der Waals surface area contributed by atoms with Crippen LogP contribution < -0.4 is 10.1 Å². The molecule has 0 saturated heterocycles. The molecule has 5 rings (SSSR count). The van der Waals surface area contributed by atoms with Crippen molar-refractivity contribution in [2.75, 3.05) is 32.6 Å². The van der Waals surface area contributed by atoms with Gasteiger partial charge in [-0.1, -0.05) is 12.1 Å². The zero-order valence-corrected chi connectivity index (χ0v) is 17.6. The van der Waals surface area contributed by atoms with E-state index in [4.69, 9.17) is 9.72 Å². The van der Waals surface area contributed by atoms with E-state index in [-0.39, 0.29) is 0 Å². The highest BCUT2D eigenvalue weighted by Crippen LogP contribution is 2.27. The molecule has 0 amide bonds. The fourth-order valence-electron chi connectivity index (χ4n) is 3.54. The van der Waals surface area contributed by atoms with E-state index in [0.717, 1.165) is 41.4 Å². The van der Waals surface area contributed by atoms with Crippen molar-refractivity contribution < 1.29 is 4.74 Å². The summed E-state index contributed by atoms with van der Waals surface area (Å²) in [6.07, 6.45) is 7.65. The largest absolute Gasteiger partial charge is 0.492 e. The van der Waals surface area contributed by atoms with Gasteiger partial charge in [0.25, 0.3) is 0 Å². The molecule has 0 radical (unpaired) electrons. The summed E-state index contributed by atoms with van der Waals surface area (Å²) in [5.41, 5.74) is 6.05. The van der Waals surface area contributed by atoms with Crippen LogP contribution >= 0.6 is 0 Å². The molecule has 7 nitrogen and oxygen atoms in total. The quantitative estimate of drug-likeness (QED) is 0.497. The molecule has 3 heterocycles. The molecule has 0 spiro atoms. The number of benzene rings is 2. The maximum absolute atomic E-state index is 5.78. The van der Waals surface area contributed by atoms with E-state index in [2.05, 4.69) is 38.4 Å². The molecule has 0 atom stereocenters. The van der Waals surface area contributed by atoms with Gasteiger partial charge in [0.15, 0.2) is 11.5 Å². The fourth-order valence-corrected chi connectivity index (χ4v) is 3.54. The third-order valence-electron chi connectivity index (χ3n) is 5.23. The monoisotopic (exact) mass is 412 g/mol. The number of hydrogen-bond acceptors (Lipinski definition) is 6. The SMILES string of the molecule is CN(C)CCOc1ccc(Nc2nc(-c3ccc4c(c3)CN=C4)cn3ccnc23)cc1. The molecule has 1 aliphatic heterocycles. The summed E-state index contributed by atoms with van der Waals surface area (Å²) in [7, 11) is 4.06. The molecule has 0 unspecified atom stereocenters. The lowest BCUT2D eigenvalue weighted by Crippen LogP contribution is -2.19. The van der Waals surface area contributed by atoms with Crippen LogP contribution in [0.2, 0.25) is 0 Å². The zero-order valence-electron chi connectivity index (χ0n) is 17.6. The molecule has 0 aliphatic carbocycles. The Balaban J connectivity index is 1.40. The van der Waals surface area contributed by atoms with Gasteiger partial charge in [-0.3, -0.25) is 4.99 Å². The molecule has 0 saturated carbocycles. The van der Waals surface area contributed by atoms with Gasteiger partial charge in [0.1, 0.15) is 12.4 Å². The van der Waals surface area contributed by atoms with Gasteiger partial charge in [-0.05, 0) is 55.6 Å². The van der Waals surface area contributed by atoms with E-state index in [1.807, 2.05) is 61.4 Å². The standard InChI is InChI=1S/C24H24N6O/c1-29(2)11-12-31-21-7-5-20(6-8-21)27-23-24-26-9-10-30(24)16-22(28-23)17-3-4-18-14-25-15-19(18)13-17/h3-10,13-14,16H,11-12,15H2,1-2H3,(H,27,28). The molecule has 31 heavy (non-hydrogen) atoms. The van der Waals surface area contributed by atoms with E-state index >= 15 is 0 Å². The Kier molecular flexibility index (Phi) is 5.09. The van der Waals surface area contributed by atoms with Crippen LogP contribution in [0.1, 0.15) is 11.1 Å². The van der Waals surface area contributed by atoms with Crippen molar-refractivity contribution in [3.05, 3.63) is 72.2 Å². The van der Waals surface area contributed by atoms with Crippen molar-refractivity contribution in [1.82, 2.24) is 19.3 Å². The molecule has 7 heteroatoms. The molecule has 2 aromatic carbocycles. The van der Waals surface area contributed by atoms with Crippen LogP contribution in [0.25, 0.3) is 16.9 Å². The number of aromatic nitrogens is 3. The average molecular weight is 412 g/mol. The van der Waals surface area contributed by atoms with Crippen LogP contribution in [0.3, 0.4) is 0 Å². The molecule has 4 aromatic rings. The van der Waals surface area contributed by atoms with Crippen molar-refractivity contribution in [2.24, 2.45) is 4.99 Å². The number of ether oxygens (including phenoxy) is 1. The lowest BCUT2D eigenvalue weighted by molar-refractivity contribution is 0.261. The number of fused-ring (bicyclic) bond motifs is 2. The topological polar surface area (TPSA) is 67.0 Å². The minimum Gasteiger partial charge on any atom is -0.492 e. The summed E-state index contributed by atoms with van der Waals surface area (Å²) in [4.78, 5) is 15.8. The molecule has 156 valence electrons. The Labute approximate surface area is 181 Å². The highest BCUT2D eigenvalue weighted by molar-refractivity contribution is 5.86. The Morgan fingerprint density at radius 1 is 1.13 bits per heavy atom. The summed E-state index contributed by atoms with van der Waals surface area (Å²) in [5.74, 6) is 1.56. The van der Waals surface area contributed by atoms with E-state index in [1.165, 1.54) is 11.1 Å². The molecule has 1 aliphatic rings. The maximum Gasteiger partial charge on any atom is 0.180 e. The van der Waals surface area contributed by atoms with Gasteiger partial charge < -0.3 is 19.4 Å². The predicted octanol–water partition coefficient (Wildman–Crippen LogP) is 4.01. The number of nitrogens with zero attached hydrogens (tertiary/aromatic N) is 5. The van der Waals surface area contributed by atoms with Crippen LogP contribution in [-0.4, -0.2) is 52.7 Å². The van der Waals surface area contributed by atoms with Gasteiger partial charge in [0, 0.05) is 42.6 Å². The van der Waals surface area contributed by atoms with Crippen LogP contribution in [-0.2, 0) is 6.54 Å². The molecular formula is C24H24N6O. The number of nitrogens with one attached hydrogen (secondary N) is 1. The number of rotatable bonds is 7. The summed E-state index contributed by atoms with van der Waals surface area (Å²) < 4.78 is 7.77. The van der Waals surface area contributed by atoms with Gasteiger partial charge in [-0.2, -0.15) is 0 Å². The van der Waals surface area contributed by atoms with Crippen molar-refractivity contribution in [2.45, 2.75) is 6.54 Å². The number of aliphatic imine (C=N–C) groups is 1. The lowest BCUT2D eigenvalue weighted by Gasteiger charge is -2.13. The van der Waals surface area contributed by atoms with Crippen LogP contribution in [0.5, 0.6) is 5.75 Å². The fraction of sp³-hybridized carbons (Fsp3) is 0.208. The maximum atomic E-state index is 5.78. The van der Waals surface area contributed by atoms with E-state index in [0.29, 0.717) is 12.4 Å². The Morgan fingerprint density at radius 3 is 2.84 bits per heavy atom. The first-order valence-corrected chi connectivity index (χ1v) is 10.3. The van der Waals surface area contributed by atoms with E-state index in [9.17, 15) is 0 Å². The normalized spacial score (nSPS) is 12.5. The highest BCUT2D eigenvalue weighted by Gasteiger charge is 2.12. The van der Waals surface area contributed by atoms with Crippen molar-refractivity contribution in [1.29, 1.82) is 0 Å². The van der Waals surface area contributed by atoms with E-state index < -0.39 is 0 Å². The van der Waals surface area contributed by atoms with Crippen molar-refractivity contribution >= 4 is 23.4 Å². The van der Waals surface area contributed by atoms with Crippen LogP contribution in [0.4, 0.5) is 11.5 Å². The van der Waals surface area contributed by atoms with Gasteiger partial charge in [0.2, 0.25) is 0 Å². The first kappa shape index (κ1) is 19.3. The lowest BCUT2D eigenvalue weighted by atomic mass is 10.0. The molecule has 0 fully saturated rings. The predicted molar refractivity (Wildman–Crippen MR) is 123 cm³/mol. The van der Waals surface area contributed by atoms with Gasteiger partial charge in [-0.25, -0.2) is 9.97 Å². The first-order valence-electron chi connectivity index (χ1n) is 10.3. The number of hydrogen-bond donors (Lipinski definition) is 1. The molecule has 0 bridgehead atoms. The second-order valence-electron chi connectivity index (χ2n) is 7.82. The van der Waals surface area contributed by atoms with Crippen molar-refractivity contribution in [3.8, 4) is 17.0 Å². The molecular weight excluding hydrogens is 388 g/mol. The first-order chi connectivity index (χ1) is 15.2. The summed E-state index contributed by atoms with van der Waals surface area (Å²) >= 11 is 0. The van der Waals surface area contributed by atoms with Crippen LogP contribution in [0.15, 0.2) is 66.0 Å². The van der Waals surface area contributed by atoms with Gasteiger partial charge in [-0.15, -0.1) is 0 Å². The second kappa shape index (κ2) is 8.20. The van der Waals surface area contributed by atoms with Gasteiger partial charge >= 0.3 is 0 Å². The number of anilines is 2. The van der Waals surface area contributed by atoms with Gasteiger partial charge in [0.05, 0.1) is 12.2 Å². The highest BCUT2D eigenvalue weighted by atomic mass is 16.5. The number of likely N-dealkylation sites (N-methyl/N-ethyl adjacent to an activating group) is 1. The average Bonchev–Trinajstić information content (AvgIpc) is 3.43. The Hall–Kier alpha value is -3.71. The summed E-state index contributed by atoms with van der Waals surface area (Å²) in [6.45, 7) is 2.26. The molecule has 1 N–H and O–H groups in total. The molecule has 2 aromatic heterocycles. The third kappa shape index (κ3) is 4.13. The second-order valence-corrected chi connectivity index (χ2v) is 7.82. The minimum absolute atomic E-state index is 0.657. The van der Waals surface area contributed by atoms with Crippen molar-refractivity contribution in [3.63, 3.8) is 0 Å². The van der Waals surface area contributed by atoms with Crippen LogP contribution in [0, 0.1) is 0 Å². The zero-order chi connectivity index (χ0) is 21.2. The Bertz CT molecular complexity index is 1240. The van der Waals surface area contributed by atoms with E-state index in [1.54, 1.807) is 6.20 Å².